The van der Waals surface area contributed by atoms with Crippen molar-refractivity contribution in [3.05, 3.63) is 139 Å². The van der Waals surface area contributed by atoms with E-state index in [2.05, 4.69) is 126 Å². The maximum atomic E-state index is 9.53. The van der Waals surface area contributed by atoms with E-state index < -0.39 is 0 Å². The van der Waals surface area contributed by atoms with Gasteiger partial charge in [-0.05, 0) is 78.3 Å². The van der Waals surface area contributed by atoms with E-state index in [1.54, 1.807) is 18.5 Å². The zero-order valence-electron chi connectivity index (χ0n) is 20.6. The van der Waals surface area contributed by atoms with Gasteiger partial charge in [0.15, 0.2) is 0 Å². The molecule has 2 nitrogen and oxygen atoms in total. The van der Waals surface area contributed by atoms with Gasteiger partial charge in [-0.15, -0.1) is 0 Å². The van der Waals surface area contributed by atoms with Gasteiger partial charge in [-0.1, -0.05) is 103 Å². The molecule has 0 fully saturated rings. The molecule has 0 aliphatic heterocycles. The SMILES string of the molecule is N#Cc1ccncc1-c1ccc(-c2cc3c4ccccc4c(-c4ccccc4)cc3c3ccccc23)cc1. The normalized spacial score (nSPS) is 11.1. The topological polar surface area (TPSA) is 36.7 Å². The number of nitrogens with zero attached hydrogens (tertiary/aromatic N) is 2. The van der Waals surface area contributed by atoms with E-state index in [1.807, 2.05) is 0 Å². The second-order valence-corrected chi connectivity index (χ2v) is 9.51. The Bertz CT molecular complexity index is 2010. The Hall–Kier alpha value is -5.26. The lowest BCUT2D eigenvalue weighted by molar-refractivity contribution is 1.31. The first-order valence-electron chi connectivity index (χ1n) is 12.7. The minimum Gasteiger partial charge on any atom is -0.264 e. The third-order valence-corrected chi connectivity index (χ3v) is 7.42. The summed E-state index contributed by atoms with van der Waals surface area (Å²) in [5, 5.41) is 17.0. The molecule has 0 aliphatic rings. The third kappa shape index (κ3) is 3.53. The molecule has 0 spiro atoms. The number of pyridine rings is 1. The fourth-order valence-corrected chi connectivity index (χ4v) is 5.60. The molecule has 2 heteroatoms. The van der Waals surface area contributed by atoms with Gasteiger partial charge < -0.3 is 0 Å². The van der Waals surface area contributed by atoms with Crippen LogP contribution in [-0.4, -0.2) is 4.98 Å². The summed E-state index contributed by atoms with van der Waals surface area (Å²) in [6, 6.07) is 45.2. The van der Waals surface area contributed by atoms with Crippen LogP contribution < -0.4 is 0 Å². The molecule has 0 atom stereocenters. The highest BCUT2D eigenvalue weighted by molar-refractivity contribution is 6.23. The van der Waals surface area contributed by atoms with E-state index in [9.17, 15) is 5.26 Å². The first kappa shape index (κ1) is 22.0. The summed E-state index contributed by atoms with van der Waals surface area (Å²) in [5.74, 6) is 0. The Morgan fingerprint density at radius 1 is 0.447 bits per heavy atom. The van der Waals surface area contributed by atoms with Crippen molar-refractivity contribution >= 4 is 32.3 Å². The summed E-state index contributed by atoms with van der Waals surface area (Å²) >= 11 is 0. The molecular formula is C36H22N2. The van der Waals surface area contributed by atoms with Gasteiger partial charge in [0.2, 0.25) is 0 Å². The van der Waals surface area contributed by atoms with Crippen molar-refractivity contribution < 1.29 is 0 Å². The monoisotopic (exact) mass is 482 g/mol. The second-order valence-electron chi connectivity index (χ2n) is 9.51. The van der Waals surface area contributed by atoms with E-state index in [1.165, 1.54) is 49.0 Å². The molecule has 0 aliphatic carbocycles. The minimum atomic E-state index is 0.629. The lowest BCUT2D eigenvalue weighted by atomic mass is 9.87. The summed E-state index contributed by atoms with van der Waals surface area (Å²) in [5.41, 5.74) is 7.28. The maximum Gasteiger partial charge on any atom is 0.0999 e. The quantitative estimate of drug-likeness (QED) is 0.235. The molecule has 1 aromatic heterocycles. The van der Waals surface area contributed by atoms with Crippen molar-refractivity contribution in [2.24, 2.45) is 0 Å². The molecule has 0 unspecified atom stereocenters. The summed E-state index contributed by atoms with van der Waals surface area (Å²) < 4.78 is 0. The van der Waals surface area contributed by atoms with Crippen LogP contribution in [0.5, 0.6) is 0 Å². The Morgan fingerprint density at radius 3 is 1.47 bits per heavy atom. The van der Waals surface area contributed by atoms with Crippen LogP contribution in [0.4, 0.5) is 0 Å². The molecule has 6 aromatic carbocycles. The Kier molecular flexibility index (Phi) is 5.20. The van der Waals surface area contributed by atoms with Crippen LogP contribution in [0.25, 0.3) is 65.7 Å². The van der Waals surface area contributed by atoms with E-state index >= 15 is 0 Å². The van der Waals surface area contributed by atoms with Gasteiger partial charge >= 0.3 is 0 Å². The zero-order chi connectivity index (χ0) is 25.5. The molecular weight excluding hydrogens is 460 g/mol. The zero-order valence-corrected chi connectivity index (χ0v) is 20.6. The number of fused-ring (bicyclic) bond motifs is 5. The first-order valence-corrected chi connectivity index (χ1v) is 12.7. The van der Waals surface area contributed by atoms with Gasteiger partial charge in [-0.2, -0.15) is 5.26 Å². The van der Waals surface area contributed by atoms with E-state index in [0.717, 1.165) is 16.7 Å². The number of nitriles is 1. The van der Waals surface area contributed by atoms with Crippen molar-refractivity contribution in [3.63, 3.8) is 0 Å². The molecule has 176 valence electrons. The number of hydrogen-bond donors (Lipinski definition) is 0. The fourth-order valence-electron chi connectivity index (χ4n) is 5.60. The number of hydrogen-bond acceptors (Lipinski definition) is 2. The van der Waals surface area contributed by atoms with Crippen molar-refractivity contribution in [3.8, 4) is 39.4 Å². The van der Waals surface area contributed by atoms with Gasteiger partial charge in [0.25, 0.3) is 0 Å². The first-order chi connectivity index (χ1) is 18.8. The van der Waals surface area contributed by atoms with Crippen LogP contribution in [-0.2, 0) is 0 Å². The molecule has 0 bridgehead atoms. The average molecular weight is 483 g/mol. The van der Waals surface area contributed by atoms with E-state index in [4.69, 9.17) is 0 Å². The van der Waals surface area contributed by atoms with Gasteiger partial charge in [0.05, 0.1) is 11.6 Å². The van der Waals surface area contributed by atoms with E-state index in [-0.39, 0.29) is 0 Å². The molecule has 0 saturated heterocycles. The molecule has 0 N–H and O–H groups in total. The largest absolute Gasteiger partial charge is 0.264 e. The van der Waals surface area contributed by atoms with Crippen molar-refractivity contribution in [2.75, 3.05) is 0 Å². The molecule has 7 rings (SSSR count). The average Bonchev–Trinajstić information content (AvgIpc) is 3.00. The van der Waals surface area contributed by atoms with Crippen molar-refractivity contribution in [1.82, 2.24) is 4.98 Å². The lowest BCUT2D eigenvalue weighted by Gasteiger charge is -2.16. The summed E-state index contributed by atoms with van der Waals surface area (Å²) in [6.07, 6.45) is 3.42. The van der Waals surface area contributed by atoms with Crippen molar-refractivity contribution in [1.29, 1.82) is 5.26 Å². The predicted molar refractivity (Wildman–Crippen MR) is 158 cm³/mol. The minimum absolute atomic E-state index is 0.629. The Morgan fingerprint density at radius 2 is 0.921 bits per heavy atom. The molecule has 7 aromatic rings. The molecule has 0 radical (unpaired) electrons. The van der Waals surface area contributed by atoms with Crippen LogP contribution in [0.1, 0.15) is 5.56 Å². The highest BCUT2D eigenvalue weighted by Gasteiger charge is 2.14. The third-order valence-electron chi connectivity index (χ3n) is 7.42. The van der Waals surface area contributed by atoms with Crippen LogP contribution >= 0.6 is 0 Å². The Labute approximate surface area is 221 Å². The van der Waals surface area contributed by atoms with Crippen molar-refractivity contribution in [2.45, 2.75) is 0 Å². The fraction of sp³-hybridized carbons (Fsp3) is 0. The maximum absolute atomic E-state index is 9.53. The van der Waals surface area contributed by atoms with Crippen LogP contribution in [0.2, 0.25) is 0 Å². The van der Waals surface area contributed by atoms with E-state index in [0.29, 0.717) is 5.56 Å². The number of rotatable bonds is 3. The predicted octanol–water partition coefficient (Wildman–Crippen LogP) is 9.41. The number of benzene rings is 6. The smallest absolute Gasteiger partial charge is 0.0999 e. The second kappa shape index (κ2) is 9.00. The highest BCUT2D eigenvalue weighted by Crippen LogP contribution is 2.41. The summed E-state index contributed by atoms with van der Waals surface area (Å²) in [6.45, 7) is 0. The van der Waals surface area contributed by atoms with Gasteiger partial charge in [0.1, 0.15) is 0 Å². The lowest BCUT2D eigenvalue weighted by Crippen LogP contribution is -1.89. The van der Waals surface area contributed by atoms with Gasteiger partial charge in [0, 0.05) is 18.0 Å². The Balaban J connectivity index is 1.49. The van der Waals surface area contributed by atoms with Gasteiger partial charge in [-0.3, -0.25) is 4.98 Å². The van der Waals surface area contributed by atoms with Gasteiger partial charge in [-0.25, -0.2) is 0 Å². The highest BCUT2D eigenvalue weighted by atomic mass is 14.6. The standard InChI is InChI=1S/C36H22N2/c37-22-27-18-19-38-23-36(27)26-16-14-25(15-17-26)33-21-35-30-12-6-4-10-28(30)32(24-8-2-1-3-9-24)20-34(35)31-13-7-5-11-29(31)33/h1-21,23H. The van der Waals surface area contributed by atoms with Crippen LogP contribution in [0.15, 0.2) is 134 Å². The molecule has 0 amide bonds. The molecule has 0 saturated carbocycles. The summed E-state index contributed by atoms with van der Waals surface area (Å²) in [4.78, 5) is 4.23. The van der Waals surface area contributed by atoms with Crippen LogP contribution in [0, 0.1) is 11.3 Å². The molecule has 1 heterocycles. The molecule has 38 heavy (non-hydrogen) atoms. The van der Waals surface area contributed by atoms with Crippen LogP contribution in [0.3, 0.4) is 0 Å². The number of aromatic nitrogens is 1. The summed E-state index contributed by atoms with van der Waals surface area (Å²) in [7, 11) is 0.